The molecule has 5 aliphatic rings. The van der Waals surface area contributed by atoms with Gasteiger partial charge in [-0.1, -0.05) is 102 Å². The van der Waals surface area contributed by atoms with Gasteiger partial charge in [-0.15, -0.1) is 0 Å². The quantitative estimate of drug-likeness (QED) is 0.0629. The van der Waals surface area contributed by atoms with Crippen molar-refractivity contribution >= 4 is 114 Å². The minimum atomic E-state index is -4.00. The number of nitrogens with one attached hydrogen (secondary N) is 8. The molecule has 113 heavy (non-hydrogen) atoms. The average molecular weight is 1640 g/mol. The maximum absolute atomic E-state index is 15.5. The van der Waals surface area contributed by atoms with Crippen LogP contribution in [0.4, 0.5) is 0 Å². The molecule has 7 rings (SSSR count). The fourth-order valence-corrected chi connectivity index (χ4v) is 16.6. The number of carbonyl (C=O) groups excluding carboxylic acids is 13. The van der Waals surface area contributed by atoms with Crippen molar-refractivity contribution in [2.24, 2.45) is 17.8 Å². The number of carboxylic acid groups (broad SMARTS) is 1. The molecule has 38 heteroatoms. The number of halogens is 1. The number of amides is 13. The van der Waals surface area contributed by atoms with Crippen LogP contribution < -0.4 is 42.5 Å². The zero-order valence-electron chi connectivity index (χ0n) is 66.1. The van der Waals surface area contributed by atoms with Gasteiger partial charge in [-0.05, 0) is 99.3 Å². The molecule has 4 aliphatic heterocycles. The van der Waals surface area contributed by atoms with Gasteiger partial charge in [0.25, 0.3) is 0 Å². The summed E-state index contributed by atoms with van der Waals surface area (Å²) in [7, 11) is -3.95. The van der Waals surface area contributed by atoms with E-state index in [9.17, 15) is 70.5 Å². The normalized spacial score (nSPS) is 28.0. The summed E-state index contributed by atoms with van der Waals surface area (Å²) in [5.41, 5.74) is -2.76. The summed E-state index contributed by atoms with van der Waals surface area (Å²) < 4.78 is 52.1. The Kier molecular flexibility index (Phi) is 31.5. The van der Waals surface area contributed by atoms with E-state index in [1.54, 1.807) is 76.2 Å². The minimum absolute atomic E-state index is 0.0183. The topological polar surface area (TPSA) is 484 Å². The molecular formula is C75H111ClN14O21S2. The zero-order valence-corrected chi connectivity index (χ0v) is 68.5. The number of likely N-dealkylation sites (tertiary alicyclic amines) is 1. The Morgan fingerprint density at radius 3 is 1.80 bits per heavy atom. The molecule has 0 bridgehead atoms. The number of likely N-dealkylation sites (N-methyl/N-ethyl adjacent to an activating group) is 3. The second-order valence-corrected chi connectivity index (χ2v) is 36.3. The number of hydrogen-bond donors (Lipinski definition) is 11. The van der Waals surface area contributed by atoms with E-state index in [2.05, 4.69) is 42.5 Å². The number of carbonyl (C=O) groups is 14. The molecular weight excluding hydrogens is 1530 g/mol. The first kappa shape index (κ1) is 91.3. The Balaban J connectivity index is 1.33. The smallest absolute Gasteiger partial charge is 0.328 e. The summed E-state index contributed by atoms with van der Waals surface area (Å²) in [5.74, 6) is -17.2. The lowest BCUT2D eigenvalue weighted by atomic mass is 9.94. The SMILES string of the molecule is CC[C@H](C)[C@@H]1NC(=O)[C@H](C(C)C)NC(=O)[C@@H]2CCCN2C(=O)[C@H](C)NC(=O)CC(C(=O)N2CCCC2C(=O)N(C)CC(=O)NC(CO)C(=O)O)NC(=O)[C@H](CCS(C)(=O)=O)NC(=O)[C@H](C(C)C)NC(=O)[C@H](Cc2cccc(Cl)c2)N(C)C(=O)[C@@H]2CCCN2C(=O)[C@H](CCS(C)(=O)=O)NC2(O)C[C@@]2(Cc2ccccc2)N(C)C1=O. The number of nitrogens with zero attached hydrogens (tertiary/aromatic N) is 6. The van der Waals surface area contributed by atoms with E-state index < -0.39 is 248 Å². The molecule has 4 unspecified atom stereocenters. The third-order valence-electron chi connectivity index (χ3n) is 21.9. The lowest BCUT2D eigenvalue weighted by molar-refractivity contribution is -0.149. The minimum Gasteiger partial charge on any atom is -0.480 e. The molecule has 1 aliphatic carbocycles. The number of aliphatic hydroxyl groups excluding tert-OH is 1. The number of sulfone groups is 2. The fourth-order valence-electron chi connectivity index (χ4n) is 15.1. The van der Waals surface area contributed by atoms with Crippen LogP contribution in [0.5, 0.6) is 0 Å². The van der Waals surface area contributed by atoms with Crippen molar-refractivity contribution < 1.29 is 99.3 Å². The maximum Gasteiger partial charge on any atom is 0.328 e. The number of rotatable bonds is 21. The summed E-state index contributed by atoms with van der Waals surface area (Å²) in [4.78, 5) is 211. The van der Waals surface area contributed by atoms with Gasteiger partial charge in [-0.2, -0.15) is 0 Å². The molecule has 0 radical (unpaired) electrons. The molecule has 2 aromatic carbocycles. The fraction of sp³-hybridized carbons (Fsp3) is 0.653. The predicted molar refractivity (Wildman–Crippen MR) is 412 cm³/mol. The van der Waals surface area contributed by atoms with Crippen molar-refractivity contribution in [3.63, 3.8) is 0 Å². The Hall–Kier alpha value is -8.91. The number of carboxylic acids is 1. The largest absolute Gasteiger partial charge is 0.480 e. The number of benzene rings is 2. The van der Waals surface area contributed by atoms with Gasteiger partial charge in [-0.25, -0.2) is 21.6 Å². The number of fused-ring (bicyclic) bond motifs is 3. The molecule has 1 saturated carbocycles. The molecule has 0 spiro atoms. The molecule has 5 fully saturated rings. The zero-order chi connectivity index (χ0) is 84.1. The monoisotopic (exact) mass is 1640 g/mol. The third-order valence-corrected chi connectivity index (χ3v) is 24.1. The molecule has 0 aromatic heterocycles. The second kappa shape index (κ2) is 38.9. The summed E-state index contributed by atoms with van der Waals surface area (Å²) in [6.07, 6.45) is 0.0564. The van der Waals surface area contributed by atoms with Gasteiger partial charge in [0.2, 0.25) is 76.8 Å². The number of aliphatic hydroxyl groups is 2. The summed E-state index contributed by atoms with van der Waals surface area (Å²) in [5, 5.41) is 53.3. The van der Waals surface area contributed by atoms with Crippen LogP contribution in [0, 0.1) is 17.8 Å². The van der Waals surface area contributed by atoms with Crippen molar-refractivity contribution in [3.05, 3.63) is 70.7 Å². The summed E-state index contributed by atoms with van der Waals surface area (Å²) >= 11 is 6.48. The van der Waals surface area contributed by atoms with Crippen LogP contribution in [0.15, 0.2) is 54.6 Å². The highest BCUT2D eigenvalue weighted by Gasteiger charge is 2.72. The highest BCUT2D eigenvalue weighted by molar-refractivity contribution is 7.90. The lowest BCUT2D eigenvalue weighted by Crippen LogP contribution is -2.63. The first-order chi connectivity index (χ1) is 52.9. The van der Waals surface area contributed by atoms with Crippen molar-refractivity contribution in [1.82, 2.24) is 71.9 Å². The van der Waals surface area contributed by atoms with Crippen LogP contribution in [-0.2, 0) is 99.6 Å². The third kappa shape index (κ3) is 23.4. The molecule has 15 atom stereocenters. The number of aliphatic carboxylic acids is 1. The van der Waals surface area contributed by atoms with E-state index in [-0.39, 0.29) is 82.4 Å². The van der Waals surface area contributed by atoms with Gasteiger partial charge in [0.05, 0.1) is 42.7 Å². The molecule has 11 N–H and O–H groups in total. The van der Waals surface area contributed by atoms with E-state index in [0.29, 0.717) is 17.5 Å². The first-order valence-corrected chi connectivity index (χ1v) is 42.7. The maximum atomic E-state index is 15.5. The first-order valence-electron chi connectivity index (χ1n) is 38.2. The van der Waals surface area contributed by atoms with Crippen LogP contribution in [-0.4, -0.2) is 306 Å². The highest BCUT2D eigenvalue weighted by atomic mass is 35.5. The predicted octanol–water partition coefficient (Wildman–Crippen LogP) is -2.25. The van der Waals surface area contributed by atoms with Gasteiger partial charge in [0.1, 0.15) is 91.9 Å². The standard InChI is InChI=1S/C75H111ClN14O21S2/c1-13-44(6)61-72(104)87(10)74(38-46-21-15-14-16-22-46)41-75(74,107)84-50(29-34-113(12,110)111)68(100)90-32-20-27-55(90)71(103)86(9)56(36-47-23-17-24-48(76)35-47)64(96)82-59(42(2)3)65(97)79-49(28-33-112(11,108)109)62(94)80-51(69(101)89-31-19-26-54(89)70(102)85(8)39-58(93)78-52(40-91)73(105)106)37-57(92)77-45(7)67(99)88-30-18-25-53(88)63(95)81-60(43(4)5)66(98)83-61/h14-17,21-24,35,42-45,49-56,59-61,84,91,107H,13,18-20,25-34,36-41H2,1-12H3,(H,77,92)(H,78,93)(H,79,97)(H,80,94)(H,81,95)(H,82,96)(H,83,98)(H,105,106)/t44-,45-,49-,50-,51?,52?,53-,54?,55-,56-,59-,60-,61-,74+,75?/m0/s1. The van der Waals surface area contributed by atoms with Crippen LogP contribution >= 0.6 is 11.6 Å². The lowest BCUT2D eigenvalue weighted by Gasteiger charge is -2.38. The Labute approximate surface area is 664 Å². The van der Waals surface area contributed by atoms with Gasteiger partial charge < -0.3 is 81.9 Å². The Bertz CT molecular complexity index is 4120. The average Bonchev–Trinajstić information content (AvgIpc) is 1.53. The summed E-state index contributed by atoms with van der Waals surface area (Å²) in [6.45, 7) is 9.07. The van der Waals surface area contributed by atoms with Crippen molar-refractivity contribution in [3.8, 4) is 0 Å². The van der Waals surface area contributed by atoms with E-state index in [0.717, 1.165) is 27.2 Å². The van der Waals surface area contributed by atoms with E-state index >= 15 is 28.8 Å². The second-order valence-electron chi connectivity index (χ2n) is 31.3. The van der Waals surface area contributed by atoms with Crippen LogP contribution in [0.25, 0.3) is 0 Å². The van der Waals surface area contributed by atoms with Gasteiger partial charge in [-0.3, -0.25) is 67.6 Å². The van der Waals surface area contributed by atoms with Crippen LogP contribution in [0.1, 0.15) is 130 Å². The molecule has 13 amide bonds. The molecule has 4 saturated heterocycles. The van der Waals surface area contributed by atoms with Crippen molar-refractivity contribution in [2.45, 2.75) is 216 Å². The molecule has 2 aromatic rings. The van der Waals surface area contributed by atoms with E-state index in [4.69, 9.17) is 11.6 Å². The van der Waals surface area contributed by atoms with Gasteiger partial charge >= 0.3 is 5.97 Å². The van der Waals surface area contributed by atoms with E-state index in [1.165, 1.54) is 62.7 Å². The van der Waals surface area contributed by atoms with Crippen LogP contribution in [0.3, 0.4) is 0 Å². The summed E-state index contributed by atoms with van der Waals surface area (Å²) in [6, 6.07) is -3.49. The highest BCUT2D eigenvalue weighted by Crippen LogP contribution is 2.53. The van der Waals surface area contributed by atoms with Crippen molar-refractivity contribution in [2.75, 3.05) is 77.9 Å². The van der Waals surface area contributed by atoms with E-state index in [1.807, 2.05) is 0 Å². The van der Waals surface area contributed by atoms with Crippen molar-refractivity contribution in [1.29, 1.82) is 0 Å². The molecule has 35 nitrogen and oxygen atoms in total. The molecule has 626 valence electrons. The molecule has 4 heterocycles. The Morgan fingerprint density at radius 1 is 0.664 bits per heavy atom. The van der Waals surface area contributed by atoms with Crippen LogP contribution in [0.2, 0.25) is 5.02 Å². The van der Waals surface area contributed by atoms with Gasteiger partial charge in [0, 0.05) is 77.6 Å². The number of hydrogen-bond acceptors (Lipinski definition) is 21. The Morgan fingerprint density at radius 2 is 1.22 bits per heavy atom. The van der Waals surface area contributed by atoms with Gasteiger partial charge in [0.15, 0.2) is 0 Å².